The number of Topliss-reactive ketones (excluding diaryl/α,β-unsaturated/α-hetero) is 1. The fraction of sp³-hybridized carbons (Fsp3) is 0.986. The van der Waals surface area contributed by atoms with Crippen LogP contribution in [0.15, 0.2) is 0 Å². The van der Waals surface area contributed by atoms with E-state index in [-0.39, 0.29) is 74.1 Å². The lowest BCUT2D eigenvalue weighted by Crippen LogP contribution is -2.69. The topological polar surface area (TPSA) is 601 Å². The first-order chi connectivity index (χ1) is 51.5. The largest absolute Gasteiger partial charge is 0.394 e. The lowest BCUT2D eigenvalue weighted by molar-refractivity contribution is -0.413. The molecule has 8 aliphatic heterocycles. The second-order valence-electron chi connectivity index (χ2n) is 33.1. The Hall–Kier alpha value is -1.81. The first-order valence-electron chi connectivity index (χ1n) is 38.6. The Morgan fingerprint density at radius 3 is 1.51 bits per heavy atom. The van der Waals surface area contributed by atoms with Gasteiger partial charge >= 0.3 is 0 Å². The van der Waals surface area contributed by atoms with Crippen LogP contribution in [0.1, 0.15) is 113 Å². The van der Waals surface area contributed by atoms with Crippen LogP contribution in [0.4, 0.5) is 0 Å². The molecule has 0 aromatic carbocycles. The summed E-state index contributed by atoms with van der Waals surface area (Å²) in [6.07, 6.45) is -61.7. The van der Waals surface area contributed by atoms with Crippen molar-refractivity contribution in [2.75, 3.05) is 33.0 Å². The summed E-state index contributed by atoms with van der Waals surface area (Å²) < 4.78 is 91.3. The minimum absolute atomic E-state index is 0.0301. The number of hydrogen-bond donors (Lipinski definition) is 22. The van der Waals surface area contributed by atoms with Gasteiger partial charge in [0, 0.05) is 30.1 Å². The van der Waals surface area contributed by atoms with Crippen molar-refractivity contribution in [3.05, 3.63) is 0 Å². The molecule has 48 atom stereocenters. The van der Waals surface area contributed by atoms with Crippen molar-refractivity contribution in [2.45, 2.75) is 352 Å². The molecule has 8 heterocycles. The zero-order valence-electron chi connectivity index (χ0n) is 62.0. The Balaban J connectivity index is 0.731. The molecule has 0 bridgehead atoms. The van der Waals surface area contributed by atoms with Crippen LogP contribution < -0.4 is 0 Å². The lowest BCUT2D eigenvalue weighted by Gasteiger charge is -2.62. The number of fused-ring (bicyclic) bond motifs is 7. The van der Waals surface area contributed by atoms with Gasteiger partial charge in [-0.3, -0.25) is 4.79 Å². The number of ether oxygens (including phenoxy) is 15. The quantitative estimate of drug-likeness (QED) is 0.0399. The second-order valence-corrected chi connectivity index (χ2v) is 33.1. The van der Waals surface area contributed by atoms with Gasteiger partial charge < -0.3 is 183 Å². The van der Waals surface area contributed by atoms with Gasteiger partial charge in [-0.2, -0.15) is 0 Å². The van der Waals surface area contributed by atoms with Gasteiger partial charge in [-0.15, -0.1) is 0 Å². The van der Waals surface area contributed by atoms with Gasteiger partial charge in [-0.1, -0.05) is 41.5 Å². The molecule has 12 rings (SSSR count). The second kappa shape index (κ2) is 34.6. The van der Waals surface area contributed by atoms with Crippen molar-refractivity contribution in [3.63, 3.8) is 0 Å². The first-order valence-corrected chi connectivity index (χ1v) is 38.6. The fourth-order valence-corrected chi connectivity index (χ4v) is 20.1. The zero-order chi connectivity index (χ0) is 79.3. The maximum Gasteiger partial charge on any atom is 0.187 e. The average Bonchev–Trinajstić information content (AvgIpc) is 1.54. The minimum Gasteiger partial charge on any atom is -0.394 e. The van der Waals surface area contributed by atoms with Crippen LogP contribution in [-0.2, 0) is 75.8 Å². The van der Waals surface area contributed by atoms with Gasteiger partial charge in [-0.25, -0.2) is 0 Å². The molecule has 109 heavy (non-hydrogen) atoms. The molecule has 38 heteroatoms. The van der Waals surface area contributed by atoms with Crippen molar-refractivity contribution in [2.24, 2.45) is 52.3 Å². The number of aliphatic hydroxyl groups excluding tert-OH is 21. The van der Waals surface area contributed by atoms with Gasteiger partial charge in [0.05, 0.1) is 69.7 Å². The standard InChI is InChI=1S/C71H118O38/c1-8-32-44(81)59(106-65-53(90)48(85)43(80)36(19-73)101-65)56(93)67(98-32)108-61-60(107-66-55(92)49(86)57(33(9-2)99-66)104-63-52(89)46(83)41(78)25(5)96-63)45(82)37(20-74)102-68(61)105-58-38(21-75)103-64(54(91)50(58)87)97-26-11-12-69(6)28-17-39(77)70(7)29(27(28)15-31(76)30(69)14-26)16-34-40(70)24(4)71(94,109-34)13-10-23(3)22-95-62-51(88)47(84)42(79)35(18-72)100-62/h23-38,40-68,72-76,78-94H,8-22H2,1-7H3/t23-,24+,25+,26?,27?,28?,29?,30-,31+,32-,33-,34+,35-,36-,37-,38-,40+,41+,42-,43-,44-,45-,46-,47+,48+,49-,50-,51-,52-,53-,54-,55-,56-,57-,58+,59+,60+,61-,62-,63?,64-,65?,66?,67?,68?,69-,70-,71-/m1/s1. The molecule has 38 nitrogen and oxygen atoms in total. The maximum atomic E-state index is 15.1. The summed E-state index contributed by atoms with van der Waals surface area (Å²) in [5.41, 5.74) is -1.51. The Morgan fingerprint density at radius 2 is 0.908 bits per heavy atom. The Labute approximate surface area is 629 Å². The Morgan fingerprint density at radius 1 is 0.450 bits per heavy atom. The lowest BCUT2D eigenvalue weighted by atomic mass is 9.43. The Bertz CT molecular complexity index is 2950. The van der Waals surface area contributed by atoms with Gasteiger partial charge in [0.2, 0.25) is 0 Å². The summed E-state index contributed by atoms with van der Waals surface area (Å²) in [6, 6.07) is 0. The van der Waals surface area contributed by atoms with E-state index in [1.165, 1.54) is 6.92 Å². The van der Waals surface area contributed by atoms with Crippen molar-refractivity contribution < 1.29 is 188 Å². The van der Waals surface area contributed by atoms with Gasteiger partial charge in [0.25, 0.3) is 0 Å². The maximum absolute atomic E-state index is 15.1. The van der Waals surface area contributed by atoms with Gasteiger partial charge in [-0.05, 0) is 93.3 Å². The summed E-state index contributed by atoms with van der Waals surface area (Å²) in [5.74, 6) is -3.55. The number of aliphatic hydroxyl groups is 22. The number of carbonyl (C=O) groups is 1. The molecule has 12 aliphatic rings. The smallest absolute Gasteiger partial charge is 0.187 e. The van der Waals surface area contributed by atoms with Crippen molar-refractivity contribution >= 4 is 5.78 Å². The molecular weight excluding hydrogens is 1460 g/mol. The van der Waals surface area contributed by atoms with E-state index in [1.807, 2.05) is 20.8 Å². The highest BCUT2D eigenvalue weighted by Gasteiger charge is 2.72. The highest BCUT2D eigenvalue weighted by Crippen LogP contribution is 2.70. The van der Waals surface area contributed by atoms with E-state index < -0.39 is 288 Å². The third-order valence-electron chi connectivity index (χ3n) is 26.7. The molecule has 4 aliphatic carbocycles. The molecule has 0 radical (unpaired) electrons. The van der Waals surface area contributed by atoms with E-state index in [9.17, 15) is 112 Å². The first kappa shape index (κ1) is 86.5. The van der Waals surface area contributed by atoms with E-state index in [2.05, 4.69) is 6.92 Å². The van der Waals surface area contributed by atoms with Crippen LogP contribution in [0.5, 0.6) is 0 Å². The minimum atomic E-state index is -2.19. The number of hydrogen-bond acceptors (Lipinski definition) is 38. The van der Waals surface area contributed by atoms with E-state index >= 15 is 4.79 Å². The summed E-state index contributed by atoms with van der Waals surface area (Å²) >= 11 is 0. The molecule has 630 valence electrons. The van der Waals surface area contributed by atoms with Crippen LogP contribution in [-0.4, -0.2) is 390 Å². The highest BCUT2D eigenvalue weighted by molar-refractivity contribution is 5.87. The van der Waals surface area contributed by atoms with E-state index in [1.54, 1.807) is 13.8 Å². The van der Waals surface area contributed by atoms with Crippen LogP contribution in [0.3, 0.4) is 0 Å². The summed E-state index contributed by atoms with van der Waals surface area (Å²) in [5, 5.41) is 245. The van der Waals surface area contributed by atoms with E-state index in [0.29, 0.717) is 32.1 Å². The SMILES string of the molecule is CC[C@H]1OC(O[C@H]2C(O[C@@H]3[C@H](O)[C@@H](O)[C@H](OC4CC[C@]5(C)C6CC(=O)[C@@]7(C)C(C[C@@H]8O[C@](O)(CC[C@@H](C)CO[C@@H]9O[C@H](CO)[C@@H](O)[C@H](O)[C@H]9O)[C@@H](C)[C@@H]87)C6C[C@H](O)[C@H]5C4)O[C@@H]3CO)O[C@H](CO)[C@@H](O)[C@@H]2OC2O[C@H](CC)[C@@H](OC3O[C@@H](C)[C@H](O)[C@@H](O)[C@H]3O)[C@H](O)[C@H]2O)[C@H](O)[C@@H](OC2O[C@H](CO)[C@@H](O)[C@H](O)[C@H]2O)[C@@H]1O. The molecule has 0 aromatic heterocycles. The van der Waals surface area contributed by atoms with Crippen LogP contribution in [0.25, 0.3) is 0 Å². The van der Waals surface area contributed by atoms with Crippen LogP contribution in [0, 0.1) is 52.3 Å². The molecule has 22 N–H and O–H groups in total. The average molecular weight is 1580 g/mol. The van der Waals surface area contributed by atoms with E-state index in [4.69, 9.17) is 71.1 Å². The van der Waals surface area contributed by atoms with Gasteiger partial charge in [0.1, 0.15) is 158 Å². The predicted octanol–water partition coefficient (Wildman–Crippen LogP) is -8.47. The predicted molar refractivity (Wildman–Crippen MR) is 356 cm³/mol. The number of ketones is 1. The third-order valence-corrected chi connectivity index (χ3v) is 26.7. The summed E-state index contributed by atoms with van der Waals surface area (Å²) in [4.78, 5) is 15.1. The summed E-state index contributed by atoms with van der Waals surface area (Å²) in [6.45, 7) is 8.86. The molecule has 0 amide bonds. The van der Waals surface area contributed by atoms with Crippen molar-refractivity contribution in [1.82, 2.24) is 0 Å². The van der Waals surface area contributed by atoms with Crippen molar-refractivity contribution in [3.8, 4) is 0 Å². The molecule has 4 saturated carbocycles. The van der Waals surface area contributed by atoms with Crippen LogP contribution in [0.2, 0.25) is 0 Å². The third kappa shape index (κ3) is 16.0. The fourth-order valence-electron chi connectivity index (χ4n) is 20.1. The zero-order valence-corrected chi connectivity index (χ0v) is 62.0. The normalized spacial score (nSPS) is 55.4. The molecule has 9 unspecified atom stereocenters. The Kier molecular flexibility index (Phi) is 27.5. The van der Waals surface area contributed by atoms with Crippen molar-refractivity contribution in [1.29, 1.82) is 0 Å². The van der Waals surface area contributed by atoms with E-state index in [0.717, 1.165) is 0 Å². The van der Waals surface area contributed by atoms with Gasteiger partial charge in [0.15, 0.2) is 49.8 Å². The number of carbonyl (C=O) groups excluding carboxylic acids is 1. The molecule has 0 aromatic rings. The summed E-state index contributed by atoms with van der Waals surface area (Å²) in [7, 11) is 0. The molecule has 12 fully saturated rings. The molecule has 0 spiro atoms. The number of rotatable bonds is 24. The highest BCUT2D eigenvalue weighted by atomic mass is 16.8. The molecular formula is C71H118O38. The van der Waals surface area contributed by atoms with Crippen LogP contribution >= 0.6 is 0 Å². The molecule has 8 saturated heterocycles. The monoisotopic (exact) mass is 1580 g/mol.